The van der Waals surface area contributed by atoms with E-state index in [0.29, 0.717) is 36.0 Å². The number of hydrogen-bond acceptors (Lipinski definition) is 4. The molecule has 168 valence electrons. The molecule has 32 heavy (non-hydrogen) atoms. The van der Waals surface area contributed by atoms with Crippen molar-refractivity contribution in [2.75, 3.05) is 26.2 Å². The van der Waals surface area contributed by atoms with Crippen LogP contribution >= 0.6 is 11.6 Å². The number of carbonyl (C=O) groups excluding carboxylic acids is 1. The molecule has 1 aliphatic heterocycles. The average Bonchev–Trinajstić information content (AvgIpc) is 3.26. The van der Waals surface area contributed by atoms with Crippen LogP contribution in [0.15, 0.2) is 54.7 Å². The Balaban J connectivity index is 1.52. The van der Waals surface area contributed by atoms with Gasteiger partial charge in [0.2, 0.25) is 0 Å². The summed E-state index contributed by atoms with van der Waals surface area (Å²) in [5, 5.41) is 7.38. The van der Waals surface area contributed by atoms with Crippen molar-refractivity contribution in [2.24, 2.45) is 0 Å². The number of aromatic nitrogens is 2. The first kappa shape index (κ1) is 22.4. The zero-order valence-electron chi connectivity index (χ0n) is 17.5. The van der Waals surface area contributed by atoms with E-state index in [2.05, 4.69) is 15.3 Å². The summed E-state index contributed by atoms with van der Waals surface area (Å²) in [5.74, 6) is -1.24. The fourth-order valence-electron chi connectivity index (χ4n) is 3.86. The number of benzene rings is 2. The summed E-state index contributed by atoms with van der Waals surface area (Å²) in [6.45, 7) is 3.77. The molecule has 0 saturated carbocycles. The smallest absolute Gasteiger partial charge is 0.271 e. The van der Waals surface area contributed by atoms with E-state index in [9.17, 15) is 13.6 Å². The Bertz CT molecular complexity index is 1090. The molecule has 3 aromatic rings. The second kappa shape index (κ2) is 9.77. The van der Waals surface area contributed by atoms with E-state index >= 15 is 0 Å². The number of rotatable bonds is 6. The molecule has 1 fully saturated rings. The van der Waals surface area contributed by atoms with Crippen molar-refractivity contribution >= 4 is 17.5 Å². The Morgan fingerprint density at radius 3 is 2.84 bits per heavy atom. The minimum atomic E-state index is -0.468. The lowest BCUT2D eigenvalue weighted by atomic mass is 10.0. The molecule has 0 aliphatic carbocycles. The molecule has 2 unspecified atom stereocenters. The van der Waals surface area contributed by atoms with Crippen molar-refractivity contribution in [1.29, 1.82) is 0 Å². The third-order valence-corrected chi connectivity index (χ3v) is 5.73. The maximum absolute atomic E-state index is 14.7. The number of hydrogen-bond donors (Lipinski definition) is 1. The van der Waals surface area contributed by atoms with Crippen LogP contribution in [0, 0.1) is 11.6 Å². The van der Waals surface area contributed by atoms with E-state index in [-0.39, 0.29) is 18.3 Å². The van der Waals surface area contributed by atoms with Crippen molar-refractivity contribution in [2.45, 2.75) is 19.1 Å². The van der Waals surface area contributed by atoms with Gasteiger partial charge >= 0.3 is 0 Å². The van der Waals surface area contributed by atoms with Crippen molar-refractivity contribution in [3.8, 4) is 5.69 Å². The first-order valence-corrected chi connectivity index (χ1v) is 10.7. The molecule has 1 saturated heterocycles. The van der Waals surface area contributed by atoms with Crippen molar-refractivity contribution in [1.82, 2.24) is 20.0 Å². The predicted molar refractivity (Wildman–Crippen MR) is 117 cm³/mol. The van der Waals surface area contributed by atoms with Gasteiger partial charge in [-0.15, -0.1) is 0 Å². The lowest BCUT2D eigenvalue weighted by Gasteiger charge is -2.38. The molecule has 1 aliphatic rings. The summed E-state index contributed by atoms with van der Waals surface area (Å²) in [6.07, 6.45) is 1.56. The van der Waals surface area contributed by atoms with Crippen LogP contribution in [0.2, 0.25) is 5.02 Å². The Labute approximate surface area is 189 Å². The number of nitrogens with one attached hydrogen (secondary N) is 1. The van der Waals surface area contributed by atoms with Crippen LogP contribution < -0.4 is 5.32 Å². The van der Waals surface area contributed by atoms with Crippen LogP contribution in [-0.4, -0.2) is 52.9 Å². The molecule has 4 rings (SSSR count). The molecule has 2 aromatic carbocycles. The molecule has 2 heterocycles. The van der Waals surface area contributed by atoms with Gasteiger partial charge in [0.1, 0.15) is 11.6 Å². The number of nitrogens with zero attached hydrogens (tertiary/aromatic N) is 3. The van der Waals surface area contributed by atoms with Gasteiger partial charge in [0.25, 0.3) is 5.91 Å². The number of amides is 1. The molecule has 1 amide bonds. The number of carbonyl (C=O) groups is 1. The maximum Gasteiger partial charge on any atom is 0.271 e. The third kappa shape index (κ3) is 4.98. The normalized spacial score (nSPS) is 17.8. The van der Waals surface area contributed by atoms with Gasteiger partial charge in [-0.1, -0.05) is 23.7 Å². The molecule has 2 atom stereocenters. The van der Waals surface area contributed by atoms with Crippen molar-refractivity contribution in [3.63, 3.8) is 0 Å². The van der Waals surface area contributed by atoms with E-state index in [4.69, 9.17) is 16.3 Å². The predicted octanol–water partition coefficient (Wildman–Crippen LogP) is 4.00. The van der Waals surface area contributed by atoms with Gasteiger partial charge in [0, 0.05) is 36.4 Å². The highest BCUT2D eigenvalue weighted by atomic mass is 35.5. The van der Waals surface area contributed by atoms with E-state index in [1.54, 1.807) is 36.5 Å². The van der Waals surface area contributed by atoms with Crippen LogP contribution in [0.4, 0.5) is 8.78 Å². The SMILES string of the molecule is CC1CN(C(CNC(=O)c2ccn(-c3cccc(F)c3)n2)c2c(F)cccc2Cl)CCO1. The fraction of sp³-hybridized carbons (Fsp3) is 0.304. The third-order valence-electron chi connectivity index (χ3n) is 5.40. The Morgan fingerprint density at radius 2 is 2.09 bits per heavy atom. The molecule has 6 nitrogen and oxygen atoms in total. The van der Waals surface area contributed by atoms with Crippen LogP contribution in [0.1, 0.15) is 29.0 Å². The molecular weight excluding hydrogens is 438 g/mol. The van der Waals surface area contributed by atoms with Gasteiger partial charge in [-0.25, -0.2) is 13.5 Å². The Kier molecular flexibility index (Phi) is 6.83. The van der Waals surface area contributed by atoms with Crippen LogP contribution in [0.25, 0.3) is 5.69 Å². The van der Waals surface area contributed by atoms with Gasteiger partial charge < -0.3 is 10.1 Å². The fourth-order valence-corrected chi connectivity index (χ4v) is 4.15. The number of halogens is 3. The molecule has 0 spiro atoms. The highest BCUT2D eigenvalue weighted by Crippen LogP contribution is 2.31. The largest absolute Gasteiger partial charge is 0.376 e. The summed E-state index contributed by atoms with van der Waals surface area (Å²) in [4.78, 5) is 14.8. The summed E-state index contributed by atoms with van der Waals surface area (Å²) in [6, 6.07) is 11.5. The van der Waals surface area contributed by atoms with Gasteiger partial charge in [0.05, 0.1) is 24.4 Å². The van der Waals surface area contributed by atoms with Gasteiger partial charge in [0.15, 0.2) is 5.69 Å². The van der Waals surface area contributed by atoms with Gasteiger partial charge in [-0.3, -0.25) is 9.69 Å². The lowest BCUT2D eigenvalue weighted by Crippen LogP contribution is -2.47. The van der Waals surface area contributed by atoms with E-state index in [1.807, 2.05) is 6.92 Å². The van der Waals surface area contributed by atoms with Crippen LogP contribution in [-0.2, 0) is 4.74 Å². The lowest BCUT2D eigenvalue weighted by molar-refractivity contribution is -0.0346. The summed E-state index contributed by atoms with van der Waals surface area (Å²) >= 11 is 6.34. The van der Waals surface area contributed by atoms with Crippen molar-refractivity contribution in [3.05, 3.63) is 82.6 Å². The summed E-state index contributed by atoms with van der Waals surface area (Å²) < 4.78 is 35.2. The van der Waals surface area contributed by atoms with E-state index < -0.39 is 23.6 Å². The standard InChI is InChI=1S/C23H23ClF2N4O2/c1-15-14-29(10-11-32-15)21(22-18(24)6-3-7-19(22)26)13-27-23(31)20-8-9-30(28-20)17-5-2-4-16(25)12-17/h2-9,12,15,21H,10-11,13-14H2,1H3,(H,27,31). The maximum atomic E-state index is 14.7. The highest BCUT2D eigenvalue weighted by molar-refractivity contribution is 6.31. The Morgan fingerprint density at radius 1 is 1.28 bits per heavy atom. The molecule has 0 radical (unpaired) electrons. The number of morpholine rings is 1. The quantitative estimate of drug-likeness (QED) is 0.604. The summed E-state index contributed by atoms with van der Waals surface area (Å²) in [7, 11) is 0. The summed E-state index contributed by atoms with van der Waals surface area (Å²) in [5.41, 5.74) is 1.01. The monoisotopic (exact) mass is 460 g/mol. The van der Waals surface area contributed by atoms with Gasteiger partial charge in [-0.05, 0) is 43.3 Å². The molecule has 1 N–H and O–H groups in total. The van der Waals surface area contributed by atoms with Crippen molar-refractivity contribution < 1.29 is 18.3 Å². The highest BCUT2D eigenvalue weighted by Gasteiger charge is 2.29. The zero-order valence-corrected chi connectivity index (χ0v) is 18.2. The van der Waals surface area contributed by atoms with Crippen LogP contribution in [0.5, 0.6) is 0 Å². The molecular formula is C23H23ClF2N4O2. The number of ether oxygens (including phenoxy) is 1. The minimum Gasteiger partial charge on any atom is -0.376 e. The van der Waals surface area contributed by atoms with Gasteiger partial charge in [-0.2, -0.15) is 5.10 Å². The molecule has 0 bridgehead atoms. The molecule has 9 heteroatoms. The first-order valence-electron chi connectivity index (χ1n) is 10.3. The topological polar surface area (TPSA) is 59.4 Å². The Hall–Kier alpha value is -2.81. The van der Waals surface area contributed by atoms with E-state index in [1.165, 1.54) is 22.9 Å². The molecule has 1 aromatic heterocycles. The second-order valence-electron chi connectivity index (χ2n) is 7.66. The zero-order chi connectivity index (χ0) is 22.7. The van der Waals surface area contributed by atoms with E-state index in [0.717, 1.165) is 0 Å². The first-order chi connectivity index (χ1) is 15.4. The average molecular weight is 461 g/mol. The second-order valence-corrected chi connectivity index (χ2v) is 8.07. The minimum absolute atomic E-state index is 0.0190. The van der Waals surface area contributed by atoms with Crippen LogP contribution in [0.3, 0.4) is 0 Å².